The number of hydrogen-bond donors (Lipinski definition) is 0. The summed E-state index contributed by atoms with van der Waals surface area (Å²) in [7, 11) is 0. The van der Waals surface area contributed by atoms with Gasteiger partial charge >= 0.3 is 0 Å². The van der Waals surface area contributed by atoms with E-state index in [0.29, 0.717) is 11.8 Å². The third-order valence-corrected chi connectivity index (χ3v) is 6.65. The number of amides is 1. The summed E-state index contributed by atoms with van der Waals surface area (Å²) in [6.07, 6.45) is 1.93. The van der Waals surface area contributed by atoms with Crippen LogP contribution in [0.5, 0.6) is 0 Å². The fourth-order valence-electron chi connectivity index (χ4n) is 4.79. The molecule has 0 saturated heterocycles. The number of rotatable bonds is 8. The molecule has 0 aromatic heterocycles. The van der Waals surface area contributed by atoms with E-state index >= 15 is 0 Å². The molecule has 32 heavy (non-hydrogen) atoms. The number of nitrogens with zero attached hydrogens (tertiary/aromatic N) is 1. The standard InChI is InChI=1S/C30H33NO/c1-4-26(22-13-9-7-10-14-22)29(24-15-11-8-12-16-24)25-19-17-23(18-20-25)27-21-28(27)30(32)31(5-2)6-3/h7-20,27-28H,4-6,21H2,1-3H3. The van der Waals surface area contributed by atoms with E-state index in [9.17, 15) is 4.79 Å². The summed E-state index contributed by atoms with van der Waals surface area (Å²) in [5, 5.41) is 0. The molecular weight excluding hydrogens is 390 g/mol. The van der Waals surface area contributed by atoms with Gasteiger partial charge in [0.1, 0.15) is 0 Å². The number of allylic oxidation sites excluding steroid dienone is 1. The van der Waals surface area contributed by atoms with Crippen molar-refractivity contribution < 1.29 is 4.79 Å². The monoisotopic (exact) mass is 423 g/mol. The first kappa shape index (κ1) is 22.1. The second-order valence-corrected chi connectivity index (χ2v) is 8.52. The van der Waals surface area contributed by atoms with Crippen molar-refractivity contribution in [3.05, 3.63) is 107 Å². The van der Waals surface area contributed by atoms with E-state index in [1.807, 2.05) is 4.90 Å². The van der Waals surface area contributed by atoms with Crippen LogP contribution in [-0.2, 0) is 4.79 Å². The molecule has 1 aliphatic carbocycles. The van der Waals surface area contributed by atoms with E-state index in [0.717, 1.165) is 25.9 Å². The maximum atomic E-state index is 12.7. The lowest BCUT2D eigenvalue weighted by atomic mass is 9.87. The van der Waals surface area contributed by atoms with Crippen molar-refractivity contribution in [1.82, 2.24) is 4.90 Å². The van der Waals surface area contributed by atoms with Gasteiger partial charge in [0, 0.05) is 19.0 Å². The minimum atomic E-state index is 0.153. The molecule has 2 atom stereocenters. The first-order chi connectivity index (χ1) is 15.7. The smallest absolute Gasteiger partial charge is 0.226 e. The zero-order valence-electron chi connectivity index (χ0n) is 19.4. The van der Waals surface area contributed by atoms with Crippen LogP contribution in [0, 0.1) is 5.92 Å². The molecule has 3 aromatic rings. The minimum Gasteiger partial charge on any atom is -0.343 e. The Hall–Kier alpha value is -3.13. The third kappa shape index (κ3) is 4.55. The van der Waals surface area contributed by atoms with Gasteiger partial charge in [0.15, 0.2) is 0 Å². The fraction of sp³-hybridized carbons (Fsp3) is 0.300. The molecular formula is C30H33NO. The molecule has 3 aromatic carbocycles. The second-order valence-electron chi connectivity index (χ2n) is 8.52. The van der Waals surface area contributed by atoms with Gasteiger partial charge in [-0.2, -0.15) is 0 Å². The first-order valence-electron chi connectivity index (χ1n) is 11.9. The van der Waals surface area contributed by atoms with E-state index in [1.54, 1.807) is 0 Å². The molecule has 164 valence electrons. The first-order valence-corrected chi connectivity index (χ1v) is 11.9. The Kier molecular flexibility index (Phi) is 6.90. The summed E-state index contributed by atoms with van der Waals surface area (Å²) in [6, 6.07) is 30.3. The quantitative estimate of drug-likeness (QED) is 0.356. The molecule has 1 amide bonds. The SMILES string of the molecule is CCC(=C(c1ccccc1)c1ccc(C2CC2C(=O)N(CC)CC)cc1)c1ccccc1. The summed E-state index contributed by atoms with van der Waals surface area (Å²) in [4.78, 5) is 14.7. The highest BCUT2D eigenvalue weighted by Crippen LogP contribution is 2.48. The number of carbonyl (C=O) groups excluding carboxylic acids is 1. The number of carbonyl (C=O) groups is 1. The van der Waals surface area contributed by atoms with Crippen LogP contribution >= 0.6 is 0 Å². The van der Waals surface area contributed by atoms with Crippen LogP contribution in [0.25, 0.3) is 11.1 Å². The van der Waals surface area contributed by atoms with E-state index < -0.39 is 0 Å². The molecule has 2 nitrogen and oxygen atoms in total. The van der Waals surface area contributed by atoms with E-state index in [4.69, 9.17) is 0 Å². The molecule has 0 spiro atoms. The van der Waals surface area contributed by atoms with E-state index in [2.05, 4.69) is 106 Å². The zero-order chi connectivity index (χ0) is 22.5. The average Bonchev–Trinajstić information content (AvgIpc) is 3.65. The van der Waals surface area contributed by atoms with Crippen molar-refractivity contribution in [2.75, 3.05) is 13.1 Å². The van der Waals surface area contributed by atoms with Crippen LogP contribution < -0.4 is 0 Å². The highest BCUT2D eigenvalue weighted by Gasteiger charge is 2.45. The molecule has 0 aliphatic heterocycles. The zero-order valence-corrected chi connectivity index (χ0v) is 19.4. The van der Waals surface area contributed by atoms with Crippen LogP contribution in [0.2, 0.25) is 0 Å². The molecule has 0 bridgehead atoms. The van der Waals surface area contributed by atoms with Crippen LogP contribution in [0.4, 0.5) is 0 Å². The van der Waals surface area contributed by atoms with Gasteiger partial charge in [0.25, 0.3) is 0 Å². The molecule has 2 unspecified atom stereocenters. The Labute approximate surface area is 192 Å². The van der Waals surface area contributed by atoms with Gasteiger partial charge in [-0.3, -0.25) is 4.79 Å². The van der Waals surface area contributed by atoms with Crippen LogP contribution in [0.15, 0.2) is 84.9 Å². The minimum absolute atomic E-state index is 0.153. The summed E-state index contributed by atoms with van der Waals surface area (Å²) in [5.74, 6) is 0.827. The van der Waals surface area contributed by atoms with Crippen molar-refractivity contribution in [2.24, 2.45) is 5.92 Å². The Balaban J connectivity index is 1.67. The summed E-state index contributed by atoms with van der Waals surface area (Å²) >= 11 is 0. The Bertz CT molecular complexity index is 1060. The molecule has 0 heterocycles. The summed E-state index contributed by atoms with van der Waals surface area (Å²) < 4.78 is 0. The average molecular weight is 424 g/mol. The maximum absolute atomic E-state index is 12.7. The highest BCUT2D eigenvalue weighted by molar-refractivity contribution is 5.98. The van der Waals surface area contributed by atoms with Crippen molar-refractivity contribution in [3.63, 3.8) is 0 Å². The topological polar surface area (TPSA) is 20.3 Å². The third-order valence-electron chi connectivity index (χ3n) is 6.65. The second kappa shape index (κ2) is 9.99. The molecule has 1 aliphatic rings. The van der Waals surface area contributed by atoms with Gasteiger partial charge in [-0.1, -0.05) is 91.9 Å². The van der Waals surface area contributed by atoms with Crippen LogP contribution in [0.1, 0.15) is 61.8 Å². The van der Waals surface area contributed by atoms with Gasteiger partial charge in [0.05, 0.1) is 0 Å². The van der Waals surface area contributed by atoms with Crippen molar-refractivity contribution in [1.29, 1.82) is 0 Å². The van der Waals surface area contributed by atoms with Gasteiger partial charge in [-0.05, 0) is 66.0 Å². The van der Waals surface area contributed by atoms with Gasteiger partial charge in [-0.25, -0.2) is 0 Å². The van der Waals surface area contributed by atoms with Crippen LogP contribution in [0.3, 0.4) is 0 Å². The lowest BCUT2D eigenvalue weighted by molar-refractivity contribution is -0.132. The Morgan fingerprint density at radius 2 is 1.28 bits per heavy atom. The summed E-state index contributed by atoms with van der Waals surface area (Å²) in [6.45, 7) is 7.93. The Morgan fingerprint density at radius 3 is 1.81 bits per heavy atom. The lowest BCUT2D eigenvalue weighted by Crippen LogP contribution is -2.32. The molecule has 4 rings (SSSR count). The number of hydrogen-bond acceptors (Lipinski definition) is 1. The maximum Gasteiger partial charge on any atom is 0.226 e. The normalized spacial score (nSPS) is 18.1. The van der Waals surface area contributed by atoms with Crippen molar-refractivity contribution in [3.8, 4) is 0 Å². The highest BCUT2D eigenvalue weighted by atomic mass is 16.2. The van der Waals surface area contributed by atoms with Crippen LogP contribution in [-0.4, -0.2) is 23.9 Å². The molecule has 0 radical (unpaired) electrons. The molecule has 1 fully saturated rings. The Morgan fingerprint density at radius 1 is 0.750 bits per heavy atom. The van der Waals surface area contributed by atoms with E-state index in [-0.39, 0.29) is 5.92 Å². The van der Waals surface area contributed by atoms with Gasteiger partial charge in [-0.15, -0.1) is 0 Å². The van der Waals surface area contributed by atoms with Gasteiger partial charge < -0.3 is 4.90 Å². The number of benzene rings is 3. The predicted molar refractivity (Wildman–Crippen MR) is 134 cm³/mol. The largest absolute Gasteiger partial charge is 0.343 e. The lowest BCUT2D eigenvalue weighted by Gasteiger charge is -2.19. The van der Waals surface area contributed by atoms with Crippen molar-refractivity contribution in [2.45, 2.75) is 39.5 Å². The molecule has 1 saturated carbocycles. The molecule has 2 heteroatoms. The van der Waals surface area contributed by atoms with Crippen molar-refractivity contribution >= 4 is 17.1 Å². The van der Waals surface area contributed by atoms with E-state index in [1.165, 1.54) is 33.4 Å². The van der Waals surface area contributed by atoms with Gasteiger partial charge in [0.2, 0.25) is 5.91 Å². The fourth-order valence-corrected chi connectivity index (χ4v) is 4.79. The molecule has 0 N–H and O–H groups in total. The summed E-state index contributed by atoms with van der Waals surface area (Å²) in [5.41, 5.74) is 7.66. The predicted octanol–water partition coefficient (Wildman–Crippen LogP) is 7.03.